The number of aromatic nitrogens is 1. The summed E-state index contributed by atoms with van der Waals surface area (Å²) in [5, 5.41) is 12.0. The topological polar surface area (TPSA) is 76.3 Å². The Kier molecular flexibility index (Phi) is 4.38. The van der Waals surface area contributed by atoms with Gasteiger partial charge >= 0.3 is 0 Å². The minimum atomic E-state index is -0.475. The smallest absolute Gasteiger partial charge is 0.270 e. The van der Waals surface area contributed by atoms with E-state index in [9.17, 15) is 14.9 Å². The molecule has 1 unspecified atom stereocenters. The number of hydrogen-bond acceptors (Lipinski definition) is 5. The van der Waals surface area contributed by atoms with Crippen LogP contribution in [0.2, 0.25) is 0 Å². The van der Waals surface area contributed by atoms with E-state index >= 15 is 0 Å². The van der Waals surface area contributed by atoms with Gasteiger partial charge in [0.25, 0.3) is 11.6 Å². The molecule has 0 aliphatic carbocycles. The van der Waals surface area contributed by atoms with E-state index < -0.39 is 4.92 Å². The standard InChI is InChI=1S/C19H17N3O3S/c23-19(13-5-3-7-15(11-13)22(24)25)21-10-4-6-14(12-21)18-20-16-8-1-2-9-17(16)26-18/h1-3,5,7-9,11,14H,4,6,10,12H2. The van der Waals surface area contributed by atoms with Crippen LogP contribution in [0.1, 0.15) is 34.1 Å². The van der Waals surface area contributed by atoms with Crippen molar-refractivity contribution in [2.75, 3.05) is 13.1 Å². The summed E-state index contributed by atoms with van der Waals surface area (Å²) in [6.45, 7) is 1.27. The number of thiazole rings is 1. The van der Waals surface area contributed by atoms with Gasteiger partial charge in [-0.3, -0.25) is 14.9 Å². The molecule has 0 spiro atoms. The molecule has 7 heteroatoms. The Balaban J connectivity index is 1.55. The molecule has 26 heavy (non-hydrogen) atoms. The molecule has 1 aliphatic rings. The Morgan fingerprint density at radius 1 is 1.23 bits per heavy atom. The van der Waals surface area contributed by atoms with E-state index in [1.54, 1.807) is 28.4 Å². The fourth-order valence-corrected chi connectivity index (χ4v) is 4.46. The zero-order valence-electron chi connectivity index (χ0n) is 14.0. The molecule has 1 aliphatic heterocycles. The molecule has 1 amide bonds. The Bertz CT molecular complexity index is 952. The van der Waals surface area contributed by atoms with Crippen molar-refractivity contribution in [3.05, 3.63) is 69.2 Å². The van der Waals surface area contributed by atoms with Crippen LogP contribution in [0.5, 0.6) is 0 Å². The van der Waals surface area contributed by atoms with E-state index in [1.807, 2.05) is 18.2 Å². The van der Waals surface area contributed by atoms with Gasteiger partial charge in [0.05, 0.1) is 20.1 Å². The first-order valence-corrected chi connectivity index (χ1v) is 9.32. The van der Waals surface area contributed by atoms with Crippen LogP contribution >= 0.6 is 11.3 Å². The maximum Gasteiger partial charge on any atom is 0.270 e. The fraction of sp³-hybridized carbons (Fsp3) is 0.263. The molecular weight excluding hydrogens is 350 g/mol. The minimum absolute atomic E-state index is 0.0596. The van der Waals surface area contributed by atoms with E-state index in [2.05, 4.69) is 6.07 Å². The highest BCUT2D eigenvalue weighted by atomic mass is 32.1. The first-order valence-electron chi connectivity index (χ1n) is 8.51. The van der Waals surface area contributed by atoms with Gasteiger partial charge in [0.15, 0.2) is 0 Å². The molecule has 1 atom stereocenters. The van der Waals surface area contributed by atoms with Gasteiger partial charge in [-0.1, -0.05) is 18.2 Å². The first kappa shape index (κ1) is 16.7. The van der Waals surface area contributed by atoms with Crippen molar-refractivity contribution in [2.45, 2.75) is 18.8 Å². The molecule has 1 saturated heterocycles. The summed E-state index contributed by atoms with van der Waals surface area (Å²) >= 11 is 1.68. The first-order chi connectivity index (χ1) is 12.6. The number of rotatable bonds is 3. The zero-order chi connectivity index (χ0) is 18.1. The molecule has 0 radical (unpaired) electrons. The normalized spacial score (nSPS) is 17.4. The molecule has 2 aromatic carbocycles. The second-order valence-corrected chi connectivity index (χ2v) is 7.48. The number of hydrogen-bond donors (Lipinski definition) is 0. The number of non-ortho nitro benzene ring substituents is 1. The van der Waals surface area contributed by atoms with Crippen LogP contribution in [0.4, 0.5) is 5.69 Å². The van der Waals surface area contributed by atoms with Gasteiger partial charge in [-0.05, 0) is 31.0 Å². The number of benzene rings is 2. The van der Waals surface area contributed by atoms with Gasteiger partial charge in [-0.15, -0.1) is 11.3 Å². The maximum atomic E-state index is 12.8. The van der Waals surface area contributed by atoms with E-state index in [4.69, 9.17) is 4.98 Å². The number of carbonyl (C=O) groups is 1. The van der Waals surface area contributed by atoms with Gasteiger partial charge in [0.2, 0.25) is 0 Å². The van der Waals surface area contributed by atoms with Crippen molar-refractivity contribution in [2.24, 2.45) is 0 Å². The number of likely N-dealkylation sites (tertiary alicyclic amines) is 1. The largest absolute Gasteiger partial charge is 0.338 e. The highest BCUT2D eigenvalue weighted by Crippen LogP contribution is 2.33. The number of para-hydroxylation sites is 1. The summed E-state index contributed by atoms with van der Waals surface area (Å²) in [6, 6.07) is 14.0. The van der Waals surface area contributed by atoms with Gasteiger partial charge < -0.3 is 4.90 Å². The minimum Gasteiger partial charge on any atom is -0.338 e. The Hall–Kier alpha value is -2.80. The summed E-state index contributed by atoms with van der Waals surface area (Å²) in [5.74, 6) is 0.0586. The molecular formula is C19H17N3O3S. The highest BCUT2D eigenvalue weighted by Gasteiger charge is 2.28. The highest BCUT2D eigenvalue weighted by molar-refractivity contribution is 7.18. The molecule has 6 nitrogen and oxygen atoms in total. The van der Waals surface area contributed by atoms with Crippen molar-refractivity contribution < 1.29 is 9.72 Å². The van der Waals surface area contributed by atoms with Gasteiger partial charge in [-0.2, -0.15) is 0 Å². The molecule has 0 N–H and O–H groups in total. The predicted octanol–water partition coefficient (Wildman–Crippen LogP) is 4.22. The van der Waals surface area contributed by atoms with E-state index in [1.165, 1.54) is 12.1 Å². The van der Waals surface area contributed by atoms with Crippen molar-refractivity contribution in [3.63, 3.8) is 0 Å². The number of fused-ring (bicyclic) bond motifs is 1. The number of amides is 1. The second kappa shape index (κ2) is 6.84. The Labute approximate surface area is 154 Å². The second-order valence-electron chi connectivity index (χ2n) is 6.42. The molecule has 1 fully saturated rings. The van der Waals surface area contributed by atoms with E-state index in [0.717, 1.165) is 28.1 Å². The third-order valence-corrected chi connectivity index (χ3v) is 5.87. The van der Waals surface area contributed by atoms with Crippen LogP contribution in [0.25, 0.3) is 10.2 Å². The molecule has 1 aromatic heterocycles. The molecule has 4 rings (SSSR count). The lowest BCUT2D eigenvalue weighted by Crippen LogP contribution is -2.39. The zero-order valence-corrected chi connectivity index (χ0v) is 14.8. The monoisotopic (exact) mass is 367 g/mol. The average Bonchev–Trinajstić information content (AvgIpc) is 3.12. The van der Waals surface area contributed by atoms with Gasteiger partial charge in [-0.25, -0.2) is 4.98 Å². The van der Waals surface area contributed by atoms with Crippen LogP contribution in [0.15, 0.2) is 48.5 Å². The third kappa shape index (κ3) is 3.17. The van der Waals surface area contributed by atoms with Crippen LogP contribution in [-0.4, -0.2) is 33.8 Å². The third-order valence-electron chi connectivity index (χ3n) is 4.67. The van der Waals surface area contributed by atoms with Crippen molar-refractivity contribution in [1.29, 1.82) is 0 Å². The fourth-order valence-electron chi connectivity index (χ4n) is 3.36. The maximum absolute atomic E-state index is 12.8. The van der Waals surface area contributed by atoms with Gasteiger partial charge in [0.1, 0.15) is 0 Å². The van der Waals surface area contributed by atoms with Crippen LogP contribution < -0.4 is 0 Å². The number of piperidine rings is 1. The molecule has 0 bridgehead atoms. The SMILES string of the molecule is O=C(c1cccc([N+](=O)[O-])c1)N1CCCC(c2nc3ccccc3s2)C1. The summed E-state index contributed by atoms with van der Waals surface area (Å²) in [7, 11) is 0. The predicted molar refractivity (Wildman–Crippen MR) is 101 cm³/mol. The Morgan fingerprint density at radius 2 is 2.08 bits per heavy atom. The van der Waals surface area contributed by atoms with Crippen LogP contribution in [-0.2, 0) is 0 Å². The summed E-state index contributed by atoms with van der Waals surface area (Å²) < 4.78 is 1.16. The lowest BCUT2D eigenvalue weighted by atomic mass is 9.98. The number of nitrogens with zero attached hydrogens (tertiary/aromatic N) is 3. The summed E-state index contributed by atoms with van der Waals surface area (Å²) in [5.41, 5.74) is 1.30. The molecule has 0 saturated carbocycles. The van der Waals surface area contributed by atoms with Crippen molar-refractivity contribution in [1.82, 2.24) is 9.88 Å². The summed E-state index contributed by atoms with van der Waals surface area (Å²) in [4.78, 5) is 29.8. The molecule has 132 valence electrons. The average molecular weight is 367 g/mol. The van der Waals surface area contributed by atoms with E-state index in [-0.39, 0.29) is 17.5 Å². The lowest BCUT2D eigenvalue weighted by molar-refractivity contribution is -0.384. The number of nitro groups is 1. The molecule has 3 aromatic rings. The van der Waals surface area contributed by atoms with Crippen LogP contribution in [0.3, 0.4) is 0 Å². The molecule has 2 heterocycles. The summed E-state index contributed by atoms with van der Waals surface area (Å²) in [6.07, 6.45) is 1.90. The number of carbonyl (C=O) groups excluding carboxylic acids is 1. The van der Waals surface area contributed by atoms with Crippen molar-refractivity contribution in [3.8, 4) is 0 Å². The number of nitro benzene ring substituents is 1. The van der Waals surface area contributed by atoms with Gasteiger partial charge in [0, 0.05) is 36.7 Å². The Morgan fingerprint density at radius 3 is 2.88 bits per heavy atom. The quantitative estimate of drug-likeness (QED) is 0.513. The van der Waals surface area contributed by atoms with Crippen molar-refractivity contribution >= 4 is 33.1 Å². The van der Waals surface area contributed by atoms with E-state index in [0.29, 0.717) is 18.7 Å². The lowest BCUT2D eigenvalue weighted by Gasteiger charge is -2.31. The van der Waals surface area contributed by atoms with Crippen LogP contribution in [0, 0.1) is 10.1 Å².